The number of nitrogens with one attached hydrogen (secondary N) is 1. The molecule has 0 aliphatic carbocycles. The van der Waals surface area contributed by atoms with Crippen molar-refractivity contribution in [2.75, 3.05) is 18.7 Å². The van der Waals surface area contributed by atoms with Gasteiger partial charge in [0.15, 0.2) is 18.1 Å². The summed E-state index contributed by atoms with van der Waals surface area (Å²) >= 11 is 3.10. The summed E-state index contributed by atoms with van der Waals surface area (Å²) in [4.78, 5) is 23.7. The third-order valence-electron chi connectivity index (χ3n) is 3.17. The van der Waals surface area contributed by atoms with E-state index in [1.165, 1.54) is 18.2 Å². The zero-order valence-corrected chi connectivity index (χ0v) is 13.8. The van der Waals surface area contributed by atoms with E-state index in [4.69, 9.17) is 14.2 Å². The van der Waals surface area contributed by atoms with Gasteiger partial charge in [0.2, 0.25) is 6.79 Å². The Morgan fingerprint density at radius 1 is 1.17 bits per heavy atom. The van der Waals surface area contributed by atoms with E-state index in [9.17, 15) is 14.7 Å². The van der Waals surface area contributed by atoms with Crippen LogP contribution in [0.5, 0.6) is 17.2 Å². The predicted molar refractivity (Wildman–Crippen MR) is 87.3 cm³/mol. The van der Waals surface area contributed by atoms with Crippen molar-refractivity contribution in [3.05, 3.63) is 46.4 Å². The Bertz CT molecular complexity index is 807. The minimum atomic E-state index is -0.670. The first-order valence-corrected chi connectivity index (χ1v) is 7.67. The molecule has 1 aliphatic heterocycles. The number of fused-ring (bicyclic) bond motifs is 1. The van der Waals surface area contributed by atoms with Gasteiger partial charge in [0.05, 0.1) is 10.0 Å². The lowest BCUT2D eigenvalue weighted by Crippen LogP contribution is -2.20. The van der Waals surface area contributed by atoms with Crippen molar-refractivity contribution in [1.82, 2.24) is 0 Å². The summed E-state index contributed by atoms with van der Waals surface area (Å²) in [7, 11) is 0. The van der Waals surface area contributed by atoms with E-state index in [-0.39, 0.29) is 18.1 Å². The van der Waals surface area contributed by atoms with Gasteiger partial charge < -0.3 is 24.6 Å². The molecule has 124 valence electrons. The van der Waals surface area contributed by atoms with Crippen LogP contribution in [0.1, 0.15) is 10.4 Å². The van der Waals surface area contributed by atoms with Gasteiger partial charge in [-0.25, -0.2) is 4.79 Å². The van der Waals surface area contributed by atoms with Gasteiger partial charge in [-0.1, -0.05) is 0 Å². The molecule has 0 aromatic heterocycles. The minimum absolute atomic E-state index is 0.00658. The van der Waals surface area contributed by atoms with E-state index in [0.717, 1.165) is 0 Å². The molecule has 2 aromatic carbocycles. The first-order chi connectivity index (χ1) is 11.5. The van der Waals surface area contributed by atoms with Gasteiger partial charge in [-0.3, -0.25) is 4.79 Å². The SMILES string of the molecule is O=C(COC(=O)c1ccc(O)c(Br)c1)Nc1ccc2c(c1)OCO2. The topological polar surface area (TPSA) is 94.1 Å². The summed E-state index contributed by atoms with van der Waals surface area (Å²) < 4.78 is 15.7. The average molecular weight is 394 g/mol. The first kappa shape index (κ1) is 16.1. The Morgan fingerprint density at radius 3 is 2.75 bits per heavy atom. The number of ether oxygens (including phenoxy) is 3. The smallest absolute Gasteiger partial charge is 0.338 e. The quantitative estimate of drug-likeness (QED) is 0.775. The molecule has 2 N–H and O–H groups in total. The molecule has 2 aromatic rings. The maximum atomic E-state index is 11.9. The highest BCUT2D eigenvalue weighted by molar-refractivity contribution is 9.10. The number of phenols is 1. The Balaban J connectivity index is 1.55. The average Bonchev–Trinajstić information content (AvgIpc) is 3.03. The number of esters is 1. The van der Waals surface area contributed by atoms with E-state index in [1.807, 2.05) is 0 Å². The molecule has 0 saturated carbocycles. The molecule has 0 unspecified atom stereocenters. The Labute approximate surface area is 145 Å². The number of carbonyl (C=O) groups excluding carboxylic acids is 2. The van der Waals surface area contributed by atoms with Crippen LogP contribution in [0.2, 0.25) is 0 Å². The molecule has 0 saturated heterocycles. The van der Waals surface area contributed by atoms with Crippen LogP contribution in [0.15, 0.2) is 40.9 Å². The lowest BCUT2D eigenvalue weighted by atomic mass is 10.2. The molecule has 0 bridgehead atoms. The summed E-state index contributed by atoms with van der Waals surface area (Å²) in [5, 5.41) is 12.0. The van der Waals surface area contributed by atoms with Crippen molar-refractivity contribution in [1.29, 1.82) is 0 Å². The third-order valence-corrected chi connectivity index (χ3v) is 3.81. The molecule has 1 amide bonds. The summed E-state index contributed by atoms with van der Waals surface area (Å²) in [6.07, 6.45) is 0. The van der Waals surface area contributed by atoms with Crippen LogP contribution in [-0.4, -0.2) is 30.4 Å². The number of aromatic hydroxyl groups is 1. The largest absolute Gasteiger partial charge is 0.507 e. The lowest BCUT2D eigenvalue weighted by Gasteiger charge is -2.08. The van der Waals surface area contributed by atoms with Crippen molar-refractivity contribution in [2.45, 2.75) is 0 Å². The standard InChI is InChI=1S/C16H12BrNO6/c17-11-5-9(1-3-12(11)19)16(21)22-7-15(20)18-10-2-4-13-14(6-10)24-8-23-13/h1-6,19H,7-8H2,(H,18,20). The van der Waals surface area contributed by atoms with Crippen LogP contribution in [0.25, 0.3) is 0 Å². The van der Waals surface area contributed by atoms with E-state index >= 15 is 0 Å². The number of anilines is 1. The Morgan fingerprint density at radius 2 is 1.96 bits per heavy atom. The van der Waals surface area contributed by atoms with Crippen molar-refractivity contribution in [2.24, 2.45) is 0 Å². The molecule has 8 heteroatoms. The van der Waals surface area contributed by atoms with Crippen LogP contribution >= 0.6 is 15.9 Å². The molecule has 0 atom stereocenters. The second-order valence-corrected chi connectivity index (χ2v) is 5.71. The van der Waals surface area contributed by atoms with Crippen LogP contribution in [-0.2, 0) is 9.53 Å². The fraction of sp³-hybridized carbons (Fsp3) is 0.125. The number of hydrogen-bond acceptors (Lipinski definition) is 6. The fourth-order valence-corrected chi connectivity index (χ4v) is 2.40. The van der Waals surface area contributed by atoms with Crippen molar-refractivity contribution >= 4 is 33.5 Å². The molecule has 24 heavy (non-hydrogen) atoms. The molecular formula is C16H12BrNO6. The first-order valence-electron chi connectivity index (χ1n) is 6.88. The Hall–Kier alpha value is -2.74. The van der Waals surface area contributed by atoms with E-state index in [2.05, 4.69) is 21.2 Å². The molecule has 3 rings (SSSR count). The number of phenolic OH excluding ortho intramolecular Hbond substituents is 1. The van der Waals surface area contributed by atoms with Crippen LogP contribution < -0.4 is 14.8 Å². The highest BCUT2D eigenvalue weighted by Gasteiger charge is 2.15. The van der Waals surface area contributed by atoms with Gasteiger partial charge in [-0.15, -0.1) is 0 Å². The van der Waals surface area contributed by atoms with Gasteiger partial charge in [-0.05, 0) is 46.3 Å². The highest BCUT2D eigenvalue weighted by atomic mass is 79.9. The molecule has 0 radical (unpaired) electrons. The highest BCUT2D eigenvalue weighted by Crippen LogP contribution is 2.34. The predicted octanol–water partition coefficient (Wildman–Crippen LogP) is 2.68. The second-order valence-electron chi connectivity index (χ2n) is 4.86. The van der Waals surface area contributed by atoms with Crippen LogP contribution in [0.4, 0.5) is 5.69 Å². The van der Waals surface area contributed by atoms with Crippen molar-refractivity contribution in [3.63, 3.8) is 0 Å². The third kappa shape index (κ3) is 3.60. The van der Waals surface area contributed by atoms with Crippen LogP contribution in [0.3, 0.4) is 0 Å². The Kier molecular flexibility index (Phi) is 4.57. The van der Waals surface area contributed by atoms with Gasteiger partial charge in [-0.2, -0.15) is 0 Å². The van der Waals surface area contributed by atoms with Crippen molar-refractivity contribution < 1.29 is 28.9 Å². The molecule has 1 heterocycles. The molecular weight excluding hydrogens is 382 g/mol. The number of carbonyl (C=O) groups is 2. The number of amides is 1. The zero-order valence-electron chi connectivity index (χ0n) is 12.2. The molecule has 7 nitrogen and oxygen atoms in total. The van der Waals surface area contributed by atoms with E-state index < -0.39 is 18.5 Å². The summed E-state index contributed by atoms with van der Waals surface area (Å²) in [5.41, 5.74) is 0.725. The fourth-order valence-electron chi connectivity index (χ4n) is 2.02. The second kappa shape index (κ2) is 6.79. The maximum absolute atomic E-state index is 11.9. The zero-order chi connectivity index (χ0) is 17.1. The number of hydrogen-bond donors (Lipinski definition) is 2. The molecule has 1 aliphatic rings. The van der Waals surface area contributed by atoms with Gasteiger partial charge >= 0.3 is 5.97 Å². The minimum Gasteiger partial charge on any atom is -0.507 e. The number of benzene rings is 2. The van der Waals surface area contributed by atoms with Crippen molar-refractivity contribution in [3.8, 4) is 17.2 Å². The number of rotatable bonds is 4. The number of halogens is 1. The maximum Gasteiger partial charge on any atom is 0.338 e. The molecule has 0 spiro atoms. The summed E-state index contributed by atoms with van der Waals surface area (Å²) in [5.74, 6) is -0.000214. The van der Waals surface area contributed by atoms with E-state index in [1.54, 1.807) is 18.2 Å². The molecule has 0 fully saturated rings. The van der Waals surface area contributed by atoms with Gasteiger partial charge in [0.1, 0.15) is 5.75 Å². The summed E-state index contributed by atoms with van der Waals surface area (Å²) in [6.45, 7) is -0.293. The normalized spacial score (nSPS) is 11.9. The van der Waals surface area contributed by atoms with Gasteiger partial charge in [0, 0.05) is 11.8 Å². The van der Waals surface area contributed by atoms with Gasteiger partial charge in [0.25, 0.3) is 5.91 Å². The summed E-state index contributed by atoms with van der Waals surface area (Å²) in [6, 6.07) is 9.13. The monoisotopic (exact) mass is 393 g/mol. The van der Waals surface area contributed by atoms with Crippen LogP contribution in [0, 0.1) is 0 Å². The van der Waals surface area contributed by atoms with E-state index in [0.29, 0.717) is 21.7 Å². The lowest BCUT2D eigenvalue weighted by molar-refractivity contribution is -0.119.